The van der Waals surface area contributed by atoms with Gasteiger partial charge in [-0.1, -0.05) is 23.8 Å². The highest BCUT2D eigenvalue weighted by Gasteiger charge is 2.20. The lowest BCUT2D eigenvalue weighted by Gasteiger charge is -2.15. The fourth-order valence-corrected chi connectivity index (χ4v) is 3.00. The molecule has 0 aliphatic rings. The summed E-state index contributed by atoms with van der Waals surface area (Å²) < 4.78 is 11.2. The number of carbonyl (C=O) groups is 1. The lowest BCUT2D eigenvalue weighted by atomic mass is 10.0. The molecule has 0 aliphatic carbocycles. The molecule has 0 bridgehead atoms. The summed E-state index contributed by atoms with van der Waals surface area (Å²) in [4.78, 5) is 11.6. The molecule has 4 nitrogen and oxygen atoms in total. The van der Waals surface area contributed by atoms with Crippen molar-refractivity contribution in [1.82, 2.24) is 0 Å². The Labute approximate surface area is 135 Å². The molecule has 2 aromatic rings. The molecular formula is C16H19ClO4Si. The van der Waals surface area contributed by atoms with Crippen LogP contribution in [0.1, 0.15) is 21.7 Å². The number of rotatable bonds is 5. The zero-order valence-electron chi connectivity index (χ0n) is 13.1. The Bertz CT molecular complexity index is 741. The van der Waals surface area contributed by atoms with Gasteiger partial charge in [0.05, 0.1) is 6.61 Å². The molecule has 0 saturated heterocycles. The highest BCUT2D eigenvalue weighted by Crippen LogP contribution is 2.32. The van der Waals surface area contributed by atoms with Crippen LogP contribution in [0.5, 0.6) is 0 Å². The molecule has 118 valence electrons. The maximum absolute atomic E-state index is 11.6. The number of hydrogen-bond donors (Lipinski definition) is 1. The number of aromatic carboxylic acids is 1. The molecule has 1 aromatic carbocycles. The molecule has 0 atom stereocenters. The molecule has 1 N–H and O–H groups in total. The molecule has 22 heavy (non-hydrogen) atoms. The predicted molar refractivity (Wildman–Crippen MR) is 91.3 cm³/mol. The number of carboxylic acid groups (broad SMARTS) is 1. The van der Waals surface area contributed by atoms with Crippen LogP contribution in [0.2, 0.25) is 24.7 Å². The van der Waals surface area contributed by atoms with Gasteiger partial charge in [-0.25, -0.2) is 4.79 Å². The van der Waals surface area contributed by atoms with Gasteiger partial charge in [0, 0.05) is 16.0 Å². The Balaban J connectivity index is 2.44. The summed E-state index contributed by atoms with van der Waals surface area (Å²) in [6.07, 6.45) is 3.47. The van der Waals surface area contributed by atoms with E-state index >= 15 is 0 Å². The first-order valence-corrected chi connectivity index (χ1v) is 10.7. The van der Waals surface area contributed by atoms with E-state index in [4.69, 9.17) is 20.4 Å². The maximum atomic E-state index is 11.6. The van der Waals surface area contributed by atoms with Crippen molar-refractivity contribution in [1.29, 1.82) is 0 Å². The first-order chi connectivity index (χ1) is 10.2. The standard InChI is InChI=1S/C16H19ClO4Si/c1-10-8-11-9-13(17)12(6-5-7-20-22(2,3)4)14(16(18)19)15(11)21-10/h5-6,8-9H,7H2,1-4H3,(H,18,19). The fourth-order valence-electron chi connectivity index (χ4n) is 2.13. The number of hydrogen-bond acceptors (Lipinski definition) is 3. The predicted octanol–water partition coefficient (Wildman–Crippen LogP) is 4.96. The summed E-state index contributed by atoms with van der Waals surface area (Å²) >= 11 is 6.24. The van der Waals surface area contributed by atoms with Crippen LogP contribution in [-0.4, -0.2) is 26.0 Å². The van der Waals surface area contributed by atoms with Gasteiger partial charge in [-0.15, -0.1) is 0 Å². The fraction of sp³-hybridized carbons (Fsp3) is 0.312. The van der Waals surface area contributed by atoms with Crippen LogP contribution in [0.25, 0.3) is 17.0 Å². The second-order valence-corrected chi connectivity index (χ2v) is 11.0. The topological polar surface area (TPSA) is 59.7 Å². The molecule has 1 heterocycles. The first kappa shape index (κ1) is 16.8. The van der Waals surface area contributed by atoms with E-state index in [0.29, 0.717) is 33.9 Å². The summed E-state index contributed by atoms with van der Waals surface area (Å²) in [5.74, 6) is -0.413. The average molecular weight is 339 g/mol. The Morgan fingerprint density at radius 3 is 2.68 bits per heavy atom. The minimum Gasteiger partial charge on any atom is -0.478 e. The second-order valence-electron chi connectivity index (χ2n) is 6.05. The van der Waals surface area contributed by atoms with Gasteiger partial charge in [0.15, 0.2) is 8.32 Å². The largest absolute Gasteiger partial charge is 0.478 e. The van der Waals surface area contributed by atoms with Gasteiger partial charge < -0.3 is 13.9 Å². The van der Waals surface area contributed by atoms with E-state index in [1.165, 1.54) is 0 Å². The third kappa shape index (κ3) is 3.79. The van der Waals surface area contributed by atoms with Gasteiger partial charge in [0.2, 0.25) is 0 Å². The number of aryl methyl sites for hydroxylation is 1. The number of benzene rings is 1. The van der Waals surface area contributed by atoms with Crippen LogP contribution < -0.4 is 0 Å². The summed E-state index contributed by atoms with van der Waals surface area (Å²) in [6.45, 7) is 8.48. The second kappa shape index (κ2) is 6.28. The van der Waals surface area contributed by atoms with Gasteiger partial charge >= 0.3 is 5.97 Å². The molecule has 0 amide bonds. The minimum absolute atomic E-state index is 0.0832. The average Bonchev–Trinajstić information content (AvgIpc) is 2.72. The summed E-state index contributed by atoms with van der Waals surface area (Å²) in [6, 6.07) is 3.49. The number of fused-ring (bicyclic) bond motifs is 1. The number of carboxylic acids is 1. The van der Waals surface area contributed by atoms with E-state index in [1.807, 2.05) is 0 Å². The van der Waals surface area contributed by atoms with Gasteiger partial charge in [0.25, 0.3) is 0 Å². The highest BCUT2D eigenvalue weighted by molar-refractivity contribution is 6.69. The maximum Gasteiger partial charge on any atom is 0.340 e. The van der Waals surface area contributed by atoms with Crippen LogP contribution >= 0.6 is 11.6 Å². The lowest BCUT2D eigenvalue weighted by Crippen LogP contribution is -2.25. The van der Waals surface area contributed by atoms with Crippen molar-refractivity contribution in [3.8, 4) is 0 Å². The highest BCUT2D eigenvalue weighted by atomic mass is 35.5. The first-order valence-electron chi connectivity index (χ1n) is 6.95. The minimum atomic E-state index is -1.60. The molecule has 0 radical (unpaired) electrons. The normalized spacial score (nSPS) is 12.4. The Kier molecular flexibility index (Phi) is 4.80. The summed E-state index contributed by atoms with van der Waals surface area (Å²) in [5, 5.41) is 10.6. The van der Waals surface area contributed by atoms with E-state index in [-0.39, 0.29) is 5.56 Å². The van der Waals surface area contributed by atoms with Crippen molar-refractivity contribution in [2.24, 2.45) is 0 Å². The van der Waals surface area contributed by atoms with Crippen molar-refractivity contribution in [3.05, 3.63) is 40.1 Å². The quantitative estimate of drug-likeness (QED) is 0.783. The molecule has 0 unspecified atom stereocenters. The van der Waals surface area contributed by atoms with E-state index in [1.54, 1.807) is 31.2 Å². The zero-order chi connectivity index (χ0) is 16.5. The van der Waals surface area contributed by atoms with Crippen molar-refractivity contribution >= 4 is 42.9 Å². The molecule has 0 aliphatic heterocycles. The van der Waals surface area contributed by atoms with Crippen molar-refractivity contribution in [3.63, 3.8) is 0 Å². The SMILES string of the molecule is Cc1cc2cc(Cl)c(C=CCO[Si](C)(C)C)c(C(=O)O)c2o1. The smallest absolute Gasteiger partial charge is 0.340 e. The van der Waals surface area contributed by atoms with E-state index in [9.17, 15) is 9.90 Å². The van der Waals surface area contributed by atoms with E-state index in [2.05, 4.69) is 19.6 Å². The number of halogens is 1. The van der Waals surface area contributed by atoms with Gasteiger partial charge in [-0.2, -0.15) is 0 Å². The molecule has 0 saturated carbocycles. The van der Waals surface area contributed by atoms with Crippen LogP contribution in [-0.2, 0) is 4.43 Å². The lowest BCUT2D eigenvalue weighted by molar-refractivity contribution is 0.0697. The third-order valence-electron chi connectivity index (χ3n) is 3.03. The Hall–Kier alpha value is -1.56. The van der Waals surface area contributed by atoms with Gasteiger partial charge in [-0.05, 0) is 38.7 Å². The van der Waals surface area contributed by atoms with Crippen LogP contribution in [0, 0.1) is 6.92 Å². The van der Waals surface area contributed by atoms with E-state index < -0.39 is 14.3 Å². The Morgan fingerprint density at radius 1 is 1.41 bits per heavy atom. The monoisotopic (exact) mass is 338 g/mol. The summed E-state index contributed by atoms with van der Waals surface area (Å²) in [7, 11) is -1.60. The van der Waals surface area contributed by atoms with Crippen LogP contribution in [0.4, 0.5) is 0 Å². The molecule has 0 fully saturated rings. The molecule has 2 rings (SSSR count). The molecule has 6 heteroatoms. The van der Waals surface area contributed by atoms with E-state index in [0.717, 1.165) is 0 Å². The van der Waals surface area contributed by atoms with Gasteiger partial charge in [0.1, 0.15) is 16.9 Å². The third-order valence-corrected chi connectivity index (χ3v) is 4.38. The molecular weight excluding hydrogens is 320 g/mol. The van der Waals surface area contributed by atoms with Gasteiger partial charge in [-0.3, -0.25) is 0 Å². The van der Waals surface area contributed by atoms with Crippen molar-refractivity contribution in [2.75, 3.05) is 6.61 Å². The van der Waals surface area contributed by atoms with Crippen molar-refractivity contribution in [2.45, 2.75) is 26.6 Å². The van der Waals surface area contributed by atoms with Crippen LogP contribution in [0.15, 0.2) is 22.6 Å². The molecule has 0 spiro atoms. The Morgan fingerprint density at radius 2 is 2.09 bits per heavy atom. The van der Waals surface area contributed by atoms with Crippen LogP contribution in [0.3, 0.4) is 0 Å². The zero-order valence-corrected chi connectivity index (χ0v) is 14.8. The summed E-state index contributed by atoms with van der Waals surface area (Å²) in [5.41, 5.74) is 0.871. The molecule has 1 aromatic heterocycles. The van der Waals surface area contributed by atoms with Crippen molar-refractivity contribution < 1.29 is 18.7 Å². The number of furan rings is 1.